The molecule has 1 N–H and O–H groups in total. The minimum Gasteiger partial charge on any atom is -0.462 e. The van der Waals surface area contributed by atoms with Crippen molar-refractivity contribution in [2.24, 2.45) is 0 Å². The number of rotatable bonds is 11. The predicted octanol–water partition coefficient (Wildman–Crippen LogP) is 5.45. The van der Waals surface area contributed by atoms with E-state index in [0.29, 0.717) is 24.0 Å². The second-order valence-corrected chi connectivity index (χ2v) is 7.83. The number of carbonyl (C=O) groups is 2. The van der Waals surface area contributed by atoms with Gasteiger partial charge in [-0.25, -0.2) is 14.8 Å². The Balaban J connectivity index is 1.59. The molecule has 1 amide bonds. The number of ether oxygens (including phenoxy) is 1. The van der Waals surface area contributed by atoms with Gasteiger partial charge in [0.2, 0.25) is 11.9 Å². The van der Waals surface area contributed by atoms with Crippen LogP contribution in [0.4, 0.5) is 17.3 Å². The summed E-state index contributed by atoms with van der Waals surface area (Å²) in [7, 11) is 1.63. The van der Waals surface area contributed by atoms with Gasteiger partial charge in [-0.3, -0.25) is 9.69 Å². The molecule has 0 radical (unpaired) electrons. The van der Waals surface area contributed by atoms with Crippen molar-refractivity contribution < 1.29 is 14.3 Å². The predicted molar refractivity (Wildman–Crippen MR) is 129 cm³/mol. The Morgan fingerprint density at radius 3 is 2.33 bits per heavy atom. The van der Waals surface area contributed by atoms with E-state index in [1.807, 2.05) is 53.4 Å². The molecule has 172 valence electrons. The maximum atomic E-state index is 12.3. The molecule has 0 unspecified atom stereocenters. The fourth-order valence-corrected chi connectivity index (χ4v) is 3.41. The van der Waals surface area contributed by atoms with Crippen molar-refractivity contribution in [1.29, 1.82) is 0 Å². The summed E-state index contributed by atoms with van der Waals surface area (Å²) in [6, 6.07) is 17.1. The Hall–Kier alpha value is -3.45. The molecule has 7 nitrogen and oxygen atoms in total. The van der Waals surface area contributed by atoms with Crippen molar-refractivity contribution in [3.05, 3.63) is 77.6 Å². The molecule has 1 aromatic heterocycles. The number of unbranched alkanes of at least 4 members (excludes halogenated alkanes) is 3. The van der Waals surface area contributed by atoms with Gasteiger partial charge in [-0.15, -0.1) is 0 Å². The van der Waals surface area contributed by atoms with Crippen LogP contribution in [-0.2, 0) is 9.53 Å². The lowest BCUT2D eigenvalue weighted by Crippen LogP contribution is -2.16. The zero-order valence-corrected chi connectivity index (χ0v) is 19.3. The van der Waals surface area contributed by atoms with Gasteiger partial charge in [-0.05, 0) is 43.2 Å². The highest BCUT2D eigenvalue weighted by Gasteiger charge is 2.16. The van der Waals surface area contributed by atoms with E-state index < -0.39 is 5.97 Å². The third-order valence-corrected chi connectivity index (χ3v) is 5.20. The van der Waals surface area contributed by atoms with Crippen molar-refractivity contribution in [3.63, 3.8) is 0 Å². The lowest BCUT2D eigenvalue weighted by Gasteiger charge is -2.23. The Morgan fingerprint density at radius 2 is 1.64 bits per heavy atom. The fourth-order valence-electron chi connectivity index (χ4n) is 3.23. The second-order valence-electron chi connectivity index (χ2n) is 7.40. The first-order valence-corrected chi connectivity index (χ1v) is 11.3. The average Bonchev–Trinajstić information content (AvgIpc) is 2.84. The van der Waals surface area contributed by atoms with E-state index in [9.17, 15) is 9.59 Å². The Kier molecular flexibility index (Phi) is 9.20. The van der Waals surface area contributed by atoms with E-state index >= 15 is 0 Å². The van der Waals surface area contributed by atoms with Crippen LogP contribution in [0.1, 0.15) is 42.5 Å². The number of hydrogen-bond donors (Lipinski definition) is 1. The Morgan fingerprint density at radius 1 is 0.939 bits per heavy atom. The maximum absolute atomic E-state index is 12.3. The van der Waals surface area contributed by atoms with Gasteiger partial charge in [0.05, 0.1) is 17.9 Å². The summed E-state index contributed by atoms with van der Waals surface area (Å²) in [5.41, 5.74) is 1.96. The smallest absolute Gasteiger partial charge is 0.341 e. The van der Waals surface area contributed by atoms with Gasteiger partial charge >= 0.3 is 5.97 Å². The van der Waals surface area contributed by atoms with E-state index in [1.54, 1.807) is 13.1 Å². The van der Waals surface area contributed by atoms with Gasteiger partial charge in [0.15, 0.2) is 0 Å². The SMILES string of the molecule is CNC(=O)CCCCCCOC(=O)c1cnc(N(c2ccccc2)c2cccc(Cl)c2)nc1. The molecule has 3 aromatic rings. The third kappa shape index (κ3) is 7.29. The van der Waals surface area contributed by atoms with Gasteiger partial charge in [0, 0.05) is 36.6 Å². The van der Waals surface area contributed by atoms with Crippen LogP contribution < -0.4 is 10.2 Å². The van der Waals surface area contributed by atoms with Crippen molar-refractivity contribution >= 4 is 40.8 Å². The van der Waals surface area contributed by atoms with E-state index in [0.717, 1.165) is 37.1 Å². The molecule has 0 atom stereocenters. The molecule has 0 spiro atoms. The summed E-state index contributed by atoms with van der Waals surface area (Å²) in [4.78, 5) is 34.2. The van der Waals surface area contributed by atoms with Crippen LogP contribution >= 0.6 is 11.6 Å². The molecule has 0 aliphatic heterocycles. The lowest BCUT2D eigenvalue weighted by atomic mass is 10.1. The highest BCUT2D eigenvalue weighted by molar-refractivity contribution is 6.30. The normalized spacial score (nSPS) is 10.5. The highest BCUT2D eigenvalue weighted by Crippen LogP contribution is 2.32. The summed E-state index contributed by atoms with van der Waals surface area (Å²) in [5, 5.41) is 3.20. The van der Waals surface area contributed by atoms with Gasteiger partial charge < -0.3 is 10.1 Å². The van der Waals surface area contributed by atoms with E-state index in [2.05, 4.69) is 15.3 Å². The largest absolute Gasteiger partial charge is 0.462 e. The number of carbonyl (C=O) groups excluding carboxylic acids is 2. The number of benzene rings is 2. The molecule has 0 bridgehead atoms. The fraction of sp³-hybridized carbons (Fsp3) is 0.280. The molecule has 3 rings (SSSR count). The summed E-state index contributed by atoms with van der Waals surface area (Å²) < 4.78 is 5.33. The molecule has 2 aromatic carbocycles. The molecule has 0 saturated carbocycles. The molecular formula is C25H27ClN4O3. The number of anilines is 3. The molecule has 0 aliphatic carbocycles. The second kappa shape index (κ2) is 12.6. The maximum Gasteiger partial charge on any atom is 0.341 e. The summed E-state index contributed by atoms with van der Waals surface area (Å²) in [5.74, 6) is 0.00290. The van der Waals surface area contributed by atoms with Gasteiger partial charge in [-0.1, -0.05) is 48.7 Å². The average molecular weight is 467 g/mol. The van der Waals surface area contributed by atoms with Crippen LogP contribution in [0.2, 0.25) is 5.02 Å². The third-order valence-electron chi connectivity index (χ3n) is 4.96. The zero-order chi connectivity index (χ0) is 23.5. The number of hydrogen-bond acceptors (Lipinski definition) is 6. The minimum atomic E-state index is -0.457. The number of nitrogens with one attached hydrogen (secondary N) is 1. The number of halogens is 1. The number of aromatic nitrogens is 2. The van der Waals surface area contributed by atoms with Crippen LogP contribution in [0.3, 0.4) is 0 Å². The molecule has 1 heterocycles. The topological polar surface area (TPSA) is 84.4 Å². The van der Waals surface area contributed by atoms with Crippen LogP contribution in [0.25, 0.3) is 0 Å². The Labute approximate surface area is 198 Å². The molecule has 8 heteroatoms. The van der Waals surface area contributed by atoms with E-state index in [4.69, 9.17) is 16.3 Å². The van der Waals surface area contributed by atoms with Gasteiger partial charge in [0.1, 0.15) is 0 Å². The zero-order valence-electron chi connectivity index (χ0n) is 18.5. The molecular weight excluding hydrogens is 440 g/mol. The van der Waals surface area contributed by atoms with E-state index in [-0.39, 0.29) is 11.5 Å². The number of amides is 1. The summed E-state index contributed by atoms with van der Waals surface area (Å²) >= 11 is 6.19. The summed E-state index contributed by atoms with van der Waals surface area (Å²) in [6.45, 7) is 0.319. The van der Waals surface area contributed by atoms with Crippen LogP contribution in [0.5, 0.6) is 0 Å². The van der Waals surface area contributed by atoms with Crippen molar-refractivity contribution in [1.82, 2.24) is 15.3 Å². The summed E-state index contributed by atoms with van der Waals surface area (Å²) in [6.07, 6.45) is 6.84. The standard InChI is InChI=1S/C25H27ClN4O3/c1-27-23(31)14-7-2-3-8-15-33-24(32)19-17-28-25(29-18-19)30(21-11-5-4-6-12-21)22-13-9-10-20(26)16-22/h4-6,9-13,16-18H,2-3,7-8,14-15H2,1H3,(H,27,31). The van der Waals surface area contributed by atoms with E-state index in [1.165, 1.54) is 12.4 Å². The van der Waals surface area contributed by atoms with Crippen molar-refractivity contribution in [2.75, 3.05) is 18.6 Å². The van der Waals surface area contributed by atoms with Crippen LogP contribution in [-0.4, -0.2) is 35.5 Å². The quantitative estimate of drug-likeness (QED) is 0.298. The van der Waals surface area contributed by atoms with Gasteiger partial charge in [-0.2, -0.15) is 0 Å². The van der Waals surface area contributed by atoms with Crippen molar-refractivity contribution in [2.45, 2.75) is 32.1 Å². The molecule has 0 fully saturated rings. The number of esters is 1. The first kappa shape index (κ1) is 24.2. The molecule has 33 heavy (non-hydrogen) atoms. The lowest BCUT2D eigenvalue weighted by molar-refractivity contribution is -0.120. The number of nitrogens with zero attached hydrogens (tertiary/aromatic N) is 3. The van der Waals surface area contributed by atoms with Crippen molar-refractivity contribution in [3.8, 4) is 0 Å². The van der Waals surface area contributed by atoms with Gasteiger partial charge in [0.25, 0.3) is 0 Å². The minimum absolute atomic E-state index is 0.0473. The molecule has 0 saturated heterocycles. The Bertz CT molecular complexity index is 1050. The first-order valence-electron chi connectivity index (χ1n) is 10.9. The highest BCUT2D eigenvalue weighted by atomic mass is 35.5. The van der Waals surface area contributed by atoms with Crippen LogP contribution in [0, 0.1) is 0 Å². The first-order chi connectivity index (χ1) is 16.1. The van der Waals surface area contributed by atoms with Crippen LogP contribution in [0.15, 0.2) is 67.0 Å². The monoisotopic (exact) mass is 466 g/mol. The molecule has 0 aliphatic rings. The number of para-hydroxylation sites is 1.